The zero-order valence-electron chi connectivity index (χ0n) is 10.9. The minimum Gasteiger partial charge on any atom is -0.507 e. The maximum Gasteiger partial charge on any atom is 0.251 e. The number of aromatic hydroxyl groups is 1. The van der Waals surface area contributed by atoms with Gasteiger partial charge in [-0.3, -0.25) is 4.79 Å². The second kappa shape index (κ2) is 6.39. The number of hydrogen-bond donors (Lipinski definition) is 2. The molecular weight excluding hydrogens is 310 g/mol. The number of benzene rings is 1. The van der Waals surface area contributed by atoms with Crippen LogP contribution in [-0.2, 0) is 4.74 Å². The Morgan fingerprint density at radius 3 is 3.00 bits per heavy atom. The van der Waals surface area contributed by atoms with Crippen LogP contribution in [0.1, 0.15) is 36.5 Å². The fraction of sp³-hybridized carbons (Fsp3) is 0.500. The van der Waals surface area contributed by atoms with E-state index in [4.69, 9.17) is 4.74 Å². The van der Waals surface area contributed by atoms with Crippen LogP contribution in [0, 0.1) is 0 Å². The van der Waals surface area contributed by atoms with Crippen LogP contribution < -0.4 is 5.32 Å². The molecule has 1 heterocycles. The lowest BCUT2D eigenvalue weighted by Crippen LogP contribution is -2.42. The first-order chi connectivity index (χ1) is 9.11. The van der Waals surface area contributed by atoms with Gasteiger partial charge in [0.05, 0.1) is 16.6 Å². The van der Waals surface area contributed by atoms with Crippen molar-refractivity contribution >= 4 is 21.8 Å². The molecule has 2 atom stereocenters. The van der Waals surface area contributed by atoms with Crippen LogP contribution in [-0.4, -0.2) is 29.8 Å². The molecule has 1 fully saturated rings. The van der Waals surface area contributed by atoms with E-state index in [1.54, 1.807) is 12.1 Å². The summed E-state index contributed by atoms with van der Waals surface area (Å²) in [7, 11) is 0. The van der Waals surface area contributed by atoms with E-state index >= 15 is 0 Å². The van der Waals surface area contributed by atoms with Crippen LogP contribution in [0.2, 0.25) is 0 Å². The van der Waals surface area contributed by atoms with Crippen LogP contribution in [0.25, 0.3) is 0 Å². The number of rotatable bonds is 4. The number of carbonyl (C=O) groups is 1. The van der Waals surface area contributed by atoms with Crippen LogP contribution in [0.15, 0.2) is 22.7 Å². The first kappa shape index (κ1) is 14.3. The van der Waals surface area contributed by atoms with Gasteiger partial charge in [0, 0.05) is 12.2 Å². The molecule has 1 saturated heterocycles. The summed E-state index contributed by atoms with van der Waals surface area (Å²) in [4.78, 5) is 12.1. The number of amides is 1. The molecule has 1 aliphatic rings. The molecule has 0 spiro atoms. The molecule has 2 N–H and O–H groups in total. The van der Waals surface area contributed by atoms with E-state index in [0.717, 1.165) is 25.9 Å². The summed E-state index contributed by atoms with van der Waals surface area (Å²) in [5, 5.41) is 12.6. The van der Waals surface area contributed by atoms with Crippen LogP contribution in [0.4, 0.5) is 0 Å². The zero-order chi connectivity index (χ0) is 13.8. The number of hydrogen-bond acceptors (Lipinski definition) is 3. The third kappa shape index (κ3) is 3.48. The van der Waals surface area contributed by atoms with Crippen LogP contribution >= 0.6 is 15.9 Å². The SMILES string of the molecule is CC[C@@H](NC(=O)c1ccc(Br)c(O)c1)[C@H]1CCCO1. The highest BCUT2D eigenvalue weighted by atomic mass is 79.9. The van der Waals surface area contributed by atoms with Crippen molar-refractivity contribution in [2.75, 3.05) is 6.61 Å². The van der Waals surface area contributed by atoms with Crippen LogP contribution in [0.3, 0.4) is 0 Å². The van der Waals surface area contributed by atoms with Crippen molar-refractivity contribution in [3.05, 3.63) is 28.2 Å². The lowest BCUT2D eigenvalue weighted by molar-refractivity contribution is 0.0665. The summed E-state index contributed by atoms with van der Waals surface area (Å²) in [5.74, 6) is -0.108. The zero-order valence-corrected chi connectivity index (χ0v) is 12.4. The first-order valence-corrected chi connectivity index (χ1v) is 7.32. The smallest absolute Gasteiger partial charge is 0.251 e. The number of ether oxygens (including phenoxy) is 1. The van der Waals surface area contributed by atoms with Crippen LogP contribution in [0.5, 0.6) is 5.75 Å². The molecule has 0 aromatic heterocycles. The number of carbonyl (C=O) groups excluding carboxylic acids is 1. The van der Waals surface area contributed by atoms with Crippen molar-refractivity contribution in [2.24, 2.45) is 0 Å². The van der Waals surface area contributed by atoms with Gasteiger partial charge in [-0.15, -0.1) is 0 Å². The van der Waals surface area contributed by atoms with Crippen molar-refractivity contribution in [1.29, 1.82) is 0 Å². The Morgan fingerprint density at radius 2 is 2.42 bits per heavy atom. The van der Waals surface area contributed by atoms with Crippen molar-refractivity contribution in [3.8, 4) is 5.75 Å². The van der Waals surface area contributed by atoms with Crippen molar-refractivity contribution in [2.45, 2.75) is 38.3 Å². The van der Waals surface area contributed by atoms with E-state index in [1.165, 1.54) is 6.07 Å². The average molecular weight is 328 g/mol. The standard InChI is InChI=1S/C14H18BrNO3/c1-2-11(13-4-3-7-19-13)16-14(18)9-5-6-10(15)12(17)8-9/h5-6,8,11,13,17H,2-4,7H2,1H3,(H,16,18)/t11-,13-/m1/s1. The molecule has 1 amide bonds. The van der Waals surface area contributed by atoms with E-state index in [0.29, 0.717) is 10.0 Å². The highest BCUT2D eigenvalue weighted by Crippen LogP contribution is 2.24. The van der Waals surface area contributed by atoms with E-state index < -0.39 is 0 Å². The topological polar surface area (TPSA) is 58.6 Å². The van der Waals surface area contributed by atoms with E-state index in [1.807, 2.05) is 6.92 Å². The number of halogens is 1. The molecule has 0 bridgehead atoms. The normalized spacial score (nSPS) is 20.2. The fourth-order valence-electron chi connectivity index (χ4n) is 2.28. The maximum atomic E-state index is 12.1. The molecule has 0 unspecified atom stereocenters. The van der Waals surface area contributed by atoms with E-state index in [2.05, 4.69) is 21.2 Å². The quantitative estimate of drug-likeness (QED) is 0.894. The predicted molar refractivity (Wildman–Crippen MR) is 76.3 cm³/mol. The molecule has 19 heavy (non-hydrogen) atoms. The Balaban J connectivity index is 2.04. The Morgan fingerprint density at radius 1 is 1.63 bits per heavy atom. The Labute approximate surface area is 121 Å². The summed E-state index contributed by atoms with van der Waals surface area (Å²) >= 11 is 3.20. The maximum absolute atomic E-state index is 12.1. The molecule has 4 nitrogen and oxygen atoms in total. The van der Waals surface area contributed by atoms with Gasteiger partial charge in [0.1, 0.15) is 5.75 Å². The van der Waals surface area contributed by atoms with Gasteiger partial charge in [-0.05, 0) is 53.4 Å². The van der Waals surface area contributed by atoms with Gasteiger partial charge < -0.3 is 15.2 Å². The highest BCUT2D eigenvalue weighted by molar-refractivity contribution is 9.10. The first-order valence-electron chi connectivity index (χ1n) is 6.52. The lowest BCUT2D eigenvalue weighted by atomic mass is 10.0. The molecule has 1 aromatic carbocycles. The second-order valence-corrected chi connectivity index (χ2v) is 5.56. The van der Waals surface area contributed by atoms with Gasteiger partial charge in [0.15, 0.2) is 0 Å². The fourth-order valence-corrected chi connectivity index (χ4v) is 2.53. The van der Waals surface area contributed by atoms with Crippen molar-refractivity contribution in [3.63, 3.8) is 0 Å². The number of phenols is 1. The molecule has 2 rings (SSSR count). The molecule has 0 saturated carbocycles. The molecule has 5 heteroatoms. The minimum atomic E-state index is -0.176. The Kier molecular flexibility index (Phi) is 4.82. The van der Waals surface area contributed by atoms with Crippen molar-refractivity contribution < 1.29 is 14.6 Å². The molecule has 104 valence electrons. The summed E-state index contributed by atoms with van der Waals surface area (Å²) in [5.41, 5.74) is 0.456. The highest BCUT2D eigenvalue weighted by Gasteiger charge is 2.26. The van der Waals surface area contributed by atoms with Gasteiger partial charge in [-0.1, -0.05) is 6.92 Å². The molecule has 0 radical (unpaired) electrons. The summed E-state index contributed by atoms with van der Waals surface area (Å²) in [6, 6.07) is 4.83. The number of nitrogens with one attached hydrogen (secondary N) is 1. The van der Waals surface area contributed by atoms with Gasteiger partial charge >= 0.3 is 0 Å². The molecule has 0 aliphatic carbocycles. The molecular formula is C14H18BrNO3. The van der Waals surface area contributed by atoms with Gasteiger partial charge in [0.2, 0.25) is 0 Å². The largest absolute Gasteiger partial charge is 0.507 e. The molecule has 1 aromatic rings. The van der Waals surface area contributed by atoms with Gasteiger partial charge in [-0.25, -0.2) is 0 Å². The van der Waals surface area contributed by atoms with Crippen molar-refractivity contribution in [1.82, 2.24) is 5.32 Å². The van der Waals surface area contributed by atoms with E-state index in [-0.39, 0.29) is 23.8 Å². The lowest BCUT2D eigenvalue weighted by Gasteiger charge is -2.22. The van der Waals surface area contributed by atoms with Gasteiger partial charge in [-0.2, -0.15) is 0 Å². The summed E-state index contributed by atoms with van der Waals surface area (Å²) in [6.07, 6.45) is 2.98. The number of phenolic OH excluding ortho intramolecular Hbond substituents is 1. The third-order valence-corrected chi connectivity index (χ3v) is 4.05. The van der Waals surface area contributed by atoms with E-state index in [9.17, 15) is 9.90 Å². The Bertz CT molecular complexity index is 458. The summed E-state index contributed by atoms with van der Waals surface area (Å²) in [6.45, 7) is 2.81. The monoisotopic (exact) mass is 327 g/mol. The minimum absolute atomic E-state index is 0.0285. The second-order valence-electron chi connectivity index (χ2n) is 4.71. The third-order valence-electron chi connectivity index (χ3n) is 3.38. The van der Waals surface area contributed by atoms with Gasteiger partial charge in [0.25, 0.3) is 5.91 Å². The predicted octanol–water partition coefficient (Wildman–Crippen LogP) is 2.84. The average Bonchev–Trinajstić information content (AvgIpc) is 2.92. The Hall–Kier alpha value is -1.07. The summed E-state index contributed by atoms with van der Waals surface area (Å²) < 4.78 is 6.19. The molecule has 1 aliphatic heterocycles.